The molecule has 1 aromatic carbocycles. The van der Waals surface area contributed by atoms with E-state index < -0.39 is 47.1 Å². The van der Waals surface area contributed by atoms with Crippen LogP contribution >= 0.6 is 0 Å². The average Bonchev–Trinajstić information content (AvgIpc) is 2.96. The van der Waals surface area contributed by atoms with E-state index in [1.807, 2.05) is 0 Å². The van der Waals surface area contributed by atoms with E-state index in [4.69, 9.17) is 14.2 Å². The molecule has 2 rings (SSSR count). The van der Waals surface area contributed by atoms with Crippen LogP contribution in [-0.2, 0) is 38.2 Å². The van der Waals surface area contributed by atoms with Gasteiger partial charge in [0.25, 0.3) is 5.54 Å². The monoisotopic (exact) mass is 377 g/mol. The molecule has 0 saturated carbocycles. The number of methoxy groups -OCH3 is 3. The smallest absolute Gasteiger partial charge is 0.344 e. The maximum absolute atomic E-state index is 13.0. The highest BCUT2D eigenvalue weighted by Crippen LogP contribution is 2.48. The Morgan fingerprint density at radius 3 is 1.85 bits per heavy atom. The number of esters is 3. The number of rotatable bonds is 4. The highest BCUT2D eigenvalue weighted by atomic mass is 16.6. The van der Waals surface area contributed by atoms with Crippen LogP contribution in [0.1, 0.15) is 18.4 Å². The molecule has 1 heterocycles. The number of carbonyl (C=O) groups excluding carboxylic acids is 5. The van der Waals surface area contributed by atoms with Crippen LogP contribution in [0.3, 0.4) is 0 Å². The number of imide groups is 1. The number of ether oxygens (including phenoxy) is 3. The number of hydrogen-bond donors (Lipinski definition) is 0. The first-order valence-corrected chi connectivity index (χ1v) is 7.93. The molecule has 0 N–H and O–H groups in total. The van der Waals surface area contributed by atoms with E-state index in [0.717, 1.165) is 28.3 Å². The Kier molecular flexibility index (Phi) is 5.63. The van der Waals surface area contributed by atoms with Gasteiger partial charge in [-0.15, -0.1) is 0 Å². The highest BCUT2D eigenvalue weighted by molar-refractivity contribution is 6.20. The van der Waals surface area contributed by atoms with Gasteiger partial charge < -0.3 is 14.2 Å². The molecule has 0 aliphatic carbocycles. The first-order chi connectivity index (χ1) is 12.8. The van der Waals surface area contributed by atoms with Gasteiger partial charge in [0.15, 0.2) is 0 Å². The van der Waals surface area contributed by atoms with Gasteiger partial charge in [-0.05, 0) is 5.56 Å². The van der Waals surface area contributed by atoms with Crippen molar-refractivity contribution in [2.45, 2.75) is 18.4 Å². The lowest BCUT2D eigenvalue weighted by molar-refractivity contribution is -0.177. The number of benzene rings is 1. The van der Waals surface area contributed by atoms with Crippen LogP contribution in [0, 0.1) is 5.92 Å². The van der Waals surface area contributed by atoms with Crippen LogP contribution in [0.4, 0.5) is 0 Å². The second kappa shape index (κ2) is 7.56. The summed E-state index contributed by atoms with van der Waals surface area (Å²) in [5.74, 6) is -8.34. The van der Waals surface area contributed by atoms with Crippen molar-refractivity contribution in [3.8, 4) is 0 Å². The molecule has 1 aliphatic rings. The predicted octanol–water partition coefficient (Wildman–Crippen LogP) is 0.0329. The van der Waals surface area contributed by atoms with Gasteiger partial charge in [-0.25, -0.2) is 9.59 Å². The standard InChI is InChI=1S/C18H19NO8/c1-10(20)19-14(21)12(15(22)25-2)13(11-8-6-5-7-9-11)18(19,16(23)26-3)17(24)27-4/h5-9,12-13H,1-4H3. The Morgan fingerprint density at radius 1 is 0.926 bits per heavy atom. The Balaban J connectivity index is 2.93. The molecule has 0 bridgehead atoms. The molecule has 27 heavy (non-hydrogen) atoms. The fraction of sp³-hybridized carbons (Fsp3) is 0.389. The molecule has 1 saturated heterocycles. The fourth-order valence-corrected chi connectivity index (χ4v) is 3.53. The lowest BCUT2D eigenvalue weighted by Gasteiger charge is -2.35. The van der Waals surface area contributed by atoms with Gasteiger partial charge >= 0.3 is 17.9 Å². The Hall–Kier alpha value is -3.23. The average molecular weight is 377 g/mol. The summed E-state index contributed by atoms with van der Waals surface area (Å²) in [6.07, 6.45) is 0. The second-order valence-electron chi connectivity index (χ2n) is 5.83. The predicted molar refractivity (Wildman–Crippen MR) is 89.0 cm³/mol. The number of amides is 2. The molecule has 1 fully saturated rings. The molecule has 2 unspecified atom stereocenters. The van der Waals surface area contributed by atoms with E-state index >= 15 is 0 Å². The van der Waals surface area contributed by atoms with E-state index in [1.165, 1.54) is 12.1 Å². The summed E-state index contributed by atoms with van der Waals surface area (Å²) in [6.45, 7) is 1.00. The van der Waals surface area contributed by atoms with E-state index in [1.54, 1.807) is 18.2 Å². The van der Waals surface area contributed by atoms with Crippen molar-refractivity contribution in [3.05, 3.63) is 35.9 Å². The Morgan fingerprint density at radius 2 is 1.44 bits per heavy atom. The summed E-state index contributed by atoms with van der Waals surface area (Å²) in [6, 6.07) is 7.93. The van der Waals surface area contributed by atoms with Crippen molar-refractivity contribution in [1.29, 1.82) is 0 Å². The van der Waals surface area contributed by atoms with Crippen molar-refractivity contribution in [2.75, 3.05) is 21.3 Å². The van der Waals surface area contributed by atoms with Gasteiger partial charge in [0.1, 0.15) is 5.92 Å². The minimum Gasteiger partial charge on any atom is -0.468 e. The zero-order valence-corrected chi connectivity index (χ0v) is 15.3. The minimum absolute atomic E-state index is 0.292. The summed E-state index contributed by atoms with van der Waals surface area (Å²) in [5.41, 5.74) is -2.20. The summed E-state index contributed by atoms with van der Waals surface area (Å²) in [4.78, 5) is 63.7. The Labute approximate surface area is 155 Å². The van der Waals surface area contributed by atoms with Crippen molar-refractivity contribution >= 4 is 29.7 Å². The number of hydrogen-bond acceptors (Lipinski definition) is 8. The molecule has 9 heteroatoms. The molecule has 0 aromatic heterocycles. The third-order valence-corrected chi connectivity index (χ3v) is 4.54. The van der Waals surface area contributed by atoms with Crippen LogP contribution in [0.15, 0.2) is 30.3 Å². The highest BCUT2D eigenvalue weighted by Gasteiger charge is 2.72. The van der Waals surface area contributed by atoms with Crippen LogP contribution in [0.25, 0.3) is 0 Å². The Bertz CT molecular complexity index is 772. The number of carbonyl (C=O) groups is 5. The normalized spacial score (nSPS) is 20.7. The van der Waals surface area contributed by atoms with Gasteiger partial charge in [0, 0.05) is 6.92 Å². The number of likely N-dealkylation sites (tertiary alicyclic amines) is 1. The van der Waals surface area contributed by atoms with Crippen LogP contribution < -0.4 is 0 Å². The molecule has 0 spiro atoms. The molecule has 9 nitrogen and oxygen atoms in total. The van der Waals surface area contributed by atoms with E-state index in [9.17, 15) is 24.0 Å². The van der Waals surface area contributed by atoms with Crippen molar-refractivity contribution < 1.29 is 38.2 Å². The van der Waals surface area contributed by atoms with Crippen molar-refractivity contribution in [2.24, 2.45) is 5.92 Å². The van der Waals surface area contributed by atoms with Crippen LogP contribution in [0.5, 0.6) is 0 Å². The van der Waals surface area contributed by atoms with E-state index in [-0.39, 0.29) is 0 Å². The molecule has 1 aliphatic heterocycles. The first kappa shape index (κ1) is 20.1. The summed E-state index contributed by atoms with van der Waals surface area (Å²) >= 11 is 0. The molecular formula is C18H19NO8. The van der Waals surface area contributed by atoms with E-state index in [2.05, 4.69) is 0 Å². The third-order valence-electron chi connectivity index (χ3n) is 4.54. The topological polar surface area (TPSA) is 116 Å². The molecule has 0 radical (unpaired) electrons. The van der Waals surface area contributed by atoms with E-state index in [0.29, 0.717) is 10.5 Å². The third kappa shape index (κ3) is 2.84. The quantitative estimate of drug-likeness (QED) is 0.410. The zero-order chi connectivity index (χ0) is 20.4. The molecular weight excluding hydrogens is 358 g/mol. The SMILES string of the molecule is COC(=O)C1C(=O)N(C(C)=O)C(C(=O)OC)(C(=O)OC)C1c1ccccc1. The maximum atomic E-state index is 13.0. The maximum Gasteiger partial charge on any atom is 0.344 e. The van der Waals surface area contributed by atoms with Gasteiger partial charge in [0.05, 0.1) is 27.2 Å². The minimum atomic E-state index is -2.49. The van der Waals surface area contributed by atoms with Crippen molar-refractivity contribution in [3.63, 3.8) is 0 Å². The van der Waals surface area contributed by atoms with Gasteiger partial charge in [-0.3, -0.25) is 19.3 Å². The largest absolute Gasteiger partial charge is 0.468 e. The molecule has 144 valence electrons. The molecule has 2 amide bonds. The van der Waals surface area contributed by atoms with Crippen LogP contribution in [-0.4, -0.2) is 61.5 Å². The number of nitrogens with zero attached hydrogens (tertiary/aromatic N) is 1. The summed E-state index contributed by atoms with van der Waals surface area (Å²) in [5, 5.41) is 0. The zero-order valence-electron chi connectivity index (χ0n) is 15.3. The second-order valence-corrected chi connectivity index (χ2v) is 5.83. The fourth-order valence-electron chi connectivity index (χ4n) is 3.53. The van der Waals surface area contributed by atoms with Crippen LogP contribution in [0.2, 0.25) is 0 Å². The summed E-state index contributed by atoms with van der Waals surface area (Å²) < 4.78 is 14.2. The summed E-state index contributed by atoms with van der Waals surface area (Å²) in [7, 11) is 3.07. The molecule has 1 aromatic rings. The lowest BCUT2D eigenvalue weighted by Crippen LogP contribution is -2.62. The molecule has 2 atom stereocenters. The van der Waals surface area contributed by atoms with Crippen molar-refractivity contribution in [1.82, 2.24) is 4.90 Å². The lowest BCUT2D eigenvalue weighted by atomic mass is 9.74. The first-order valence-electron chi connectivity index (χ1n) is 7.93. The van der Waals surface area contributed by atoms with Gasteiger partial charge in [0.2, 0.25) is 11.8 Å². The van der Waals surface area contributed by atoms with Gasteiger partial charge in [-0.2, -0.15) is 0 Å². The van der Waals surface area contributed by atoms with Gasteiger partial charge in [-0.1, -0.05) is 30.3 Å².